The highest BCUT2D eigenvalue weighted by Gasteiger charge is 2.35. The Morgan fingerprint density at radius 1 is 1.23 bits per heavy atom. The highest BCUT2D eigenvalue weighted by atomic mass is 32.2. The molecule has 31 heavy (non-hydrogen) atoms. The van der Waals surface area contributed by atoms with Gasteiger partial charge in [-0.1, -0.05) is 32.0 Å². The van der Waals surface area contributed by atoms with Crippen molar-refractivity contribution in [3.63, 3.8) is 0 Å². The zero-order chi connectivity index (χ0) is 22.8. The molecule has 9 heteroatoms. The Labute approximate surface area is 183 Å². The molecule has 0 unspecified atom stereocenters. The fourth-order valence-corrected chi connectivity index (χ4v) is 5.64. The van der Waals surface area contributed by atoms with Gasteiger partial charge in [-0.05, 0) is 38.3 Å². The van der Waals surface area contributed by atoms with Crippen LogP contribution >= 0.6 is 0 Å². The Bertz CT molecular complexity index is 1060. The van der Waals surface area contributed by atoms with Crippen LogP contribution in [-0.2, 0) is 19.4 Å². The van der Waals surface area contributed by atoms with Crippen molar-refractivity contribution in [2.75, 3.05) is 24.7 Å². The minimum absolute atomic E-state index is 0.0402. The van der Waals surface area contributed by atoms with Crippen LogP contribution in [-0.4, -0.2) is 65.7 Å². The van der Waals surface area contributed by atoms with Crippen molar-refractivity contribution in [3.05, 3.63) is 47.3 Å². The predicted molar refractivity (Wildman–Crippen MR) is 117 cm³/mol. The number of rotatable bonds is 7. The van der Waals surface area contributed by atoms with Crippen LogP contribution in [0.2, 0.25) is 0 Å². The molecule has 1 amide bonds. The molecule has 168 valence electrons. The second kappa shape index (κ2) is 9.21. The van der Waals surface area contributed by atoms with Gasteiger partial charge in [0.25, 0.3) is 5.91 Å². The van der Waals surface area contributed by atoms with E-state index in [2.05, 4.69) is 5.10 Å². The van der Waals surface area contributed by atoms with Crippen molar-refractivity contribution < 1.29 is 22.7 Å². The van der Waals surface area contributed by atoms with Crippen LogP contribution in [0, 0.1) is 19.8 Å². The zero-order valence-corrected chi connectivity index (χ0v) is 19.2. The van der Waals surface area contributed by atoms with Crippen LogP contribution in [0.15, 0.2) is 30.3 Å². The number of benzene rings is 1. The normalized spacial score (nSPS) is 17.6. The molecule has 1 fully saturated rings. The molecule has 0 radical (unpaired) electrons. The van der Waals surface area contributed by atoms with Crippen molar-refractivity contribution >= 4 is 21.7 Å². The van der Waals surface area contributed by atoms with Gasteiger partial charge < -0.3 is 9.64 Å². The number of aryl methyl sites for hydroxylation is 1. The van der Waals surface area contributed by atoms with E-state index in [-0.39, 0.29) is 29.4 Å². The van der Waals surface area contributed by atoms with E-state index in [4.69, 9.17) is 4.74 Å². The Kier molecular flexibility index (Phi) is 6.83. The van der Waals surface area contributed by atoms with E-state index < -0.39 is 22.4 Å². The molecular formula is C22H29N3O5S. The molecule has 1 saturated heterocycles. The zero-order valence-electron chi connectivity index (χ0n) is 18.4. The molecule has 8 nitrogen and oxygen atoms in total. The fourth-order valence-electron chi connectivity index (χ4n) is 3.91. The molecule has 0 N–H and O–H groups in total. The Hall–Kier alpha value is -2.68. The van der Waals surface area contributed by atoms with Gasteiger partial charge in [-0.15, -0.1) is 0 Å². The van der Waals surface area contributed by atoms with Gasteiger partial charge in [0.15, 0.2) is 16.4 Å². The Morgan fingerprint density at radius 2 is 1.90 bits per heavy atom. The summed E-state index contributed by atoms with van der Waals surface area (Å²) in [6, 6.07) is 9.07. The highest BCUT2D eigenvalue weighted by Crippen LogP contribution is 2.21. The number of esters is 1. The second-order valence-electron chi connectivity index (χ2n) is 8.37. The third kappa shape index (κ3) is 5.33. The summed E-state index contributed by atoms with van der Waals surface area (Å²) in [6.45, 7) is 7.40. The number of nitrogens with zero attached hydrogens (tertiary/aromatic N) is 3. The molecule has 1 atom stereocenters. The highest BCUT2D eigenvalue weighted by molar-refractivity contribution is 7.91. The number of amides is 1. The monoisotopic (exact) mass is 447 g/mol. The van der Waals surface area contributed by atoms with E-state index in [0.717, 1.165) is 5.69 Å². The van der Waals surface area contributed by atoms with Gasteiger partial charge in [-0.2, -0.15) is 5.10 Å². The van der Waals surface area contributed by atoms with E-state index in [1.807, 2.05) is 44.2 Å². The molecule has 2 heterocycles. The first-order chi connectivity index (χ1) is 14.6. The first-order valence-corrected chi connectivity index (χ1v) is 12.2. The lowest BCUT2D eigenvalue weighted by Crippen LogP contribution is -2.45. The average Bonchev–Trinajstić information content (AvgIpc) is 3.22. The first-order valence-electron chi connectivity index (χ1n) is 10.4. The fraction of sp³-hybridized carbons (Fsp3) is 0.500. The summed E-state index contributed by atoms with van der Waals surface area (Å²) in [5.41, 5.74) is 2.29. The number of para-hydroxylation sites is 1. The third-order valence-corrected chi connectivity index (χ3v) is 7.10. The van der Waals surface area contributed by atoms with E-state index in [9.17, 15) is 18.0 Å². The molecular weight excluding hydrogens is 418 g/mol. The van der Waals surface area contributed by atoms with Crippen molar-refractivity contribution in [1.82, 2.24) is 14.7 Å². The number of ether oxygens (including phenoxy) is 1. The first kappa shape index (κ1) is 23.0. The summed E-state index contributed by atoms with van der Waals surface area (Å²) >= 11 is 0. The summed E-state index contributed by atoms with van der Waals surface area (Å²) in [5.74, 6) is -0.793. The molecule has 1 aliphatic heterocycles. The Balaban J connectivity index is 1.72. The summed E-state index contributed by atoms with van der Waals surface area (Å²) < 4.78 is 30.7. The van der Waals surface area contributed by atoms with E-state index in [0.29, 0.717) is 29.9 Å². The lowest BCUT2D eigenvalue weighted by atomic mass is 10.1. The summed E-state index contributed by atoms with van der Waals surface area (Å²) in [7, 11) is -3.13. The second-order valence-corrected chi connectivity index (χ2v) is 10.6. The van der Waals surface area contributed by atoms with Gasteiger partial charge in [-0.25, -0.2) is 17.9 Å². The van der Waals surface area contributed by atoms with Gasteiger partial charge in [0.05, 0.1) is 28.6 Å². The SMILES string of the molecule is Cc1nn(-c2ccccc2)c(C)c1C(=O)OCC(=O)N(CC(C)C)[C@H]1CCS(=O)(=O)C1. The quantitative estimate of drug-likeness (QED) is 0.604. The molecule has 2 aromatic rings. The molecule has 0 spiro atoms. The number of hydrogen-bond donors (Lipinski definition) is 0. The van der Waals surface area contributed by atoms with E-state index in [1.165, 1.54) is 0 Å². The third-order valence-electron chi connectivity index (χ3n) is 5.35. The largest absolute Gasteiger partial charge is 0.452 e. The van der Waals surface area contributed by atoms with Gasteiger partial charge >= 0.3 is 5.97 Å². The van der Waals surface area contributed by atoms with Crippen LogP contribution in [0.4, 0.5) is 0 Å². The van der Waals surface area contributed by atoms with Gasteiger partial charge in [0.1, 0.15) is 5.56 Å². The minimum atomic E-state index is -3.13. The summed E-state index contributed by atoms with van der Waals surface area (Å²) in [4.78, 5) is 27.2. The number of hydrogen-bond acceptors (Lipinski definition) is 6. The maximum atomic E-state index is 12.8. The smallest absolute Gasteiger partial charge is 0.342 e. The summed E-state index contributed by atoms with van der Waals surface area (Å²) in [5, 5.41) is 4.44. The van der Waals surface area contributed by atoms with Gasteiger partial charge in [0, 0.05) is 12.6 Å². The molecule has 1 aliphatic rings. The Morgan fingerprint density at radius 3 is 2.48 bits per heavy atom. The molecule has 1 aromatic heterocycles. The van der Waals surface area contributed by atoms with Crippen LogP contribution in [0.25, 0.3) is 5.69 Å². The summed E-state index contributed by atoms with van der Waals surface area (Å²) in [6.07, 6.45) is 0.413. The average molecular weight is 448 g/mol. The number of carbonyl (C=O) groups excluding carboxylic acids is 2. The number of sulfone groups is 1. The van der Waals surface area contributed by atoms with Crippen LogP contribution in [0.1, 0.15) is 42.0 Å². The van der Waals surface area contributed by atoms with Crippen molar-refractivity contribution in [3.8, 4) is 5.69 Å². The molecule has 1 aromatic carbocycles. The lowest BCUT2D eigenvalue weighted by molar-refractivity contribution is -0.137. The van der Waals surface area contributed by atoms with Gasteiger partial charge in [0.2, 0.25) is 0 Å². The topological polar surface area (TPSA) is 98.6 Å². The van der Waals surface area contributed by atoms with E-state index >= 15 is 0 Å². The number of aromatic nitrogens is 2. The standard InChI is InChI=1S/C22H29N3O5S/c1-15(2)12-24(19-10-11-31(28,29)14-19)20(26)13-30-22(27)21-16(3)23-25(17(21)4)18-8-6-5-7-9-18/h5-9,15,19H,10-14H2,1-4H3/t19-/m0/s1. The number of carbonyl (C=O) groups is 2. The maximum absolute atomic E-state index is 12.8. The lowest BCUT2D eigenvalue weighted by Gasteiger charge is -2.29. The minimum Gasteiger partial charge on any atom is -0.452 e. The maximum Gasteiger partial charge on any atom is 0.342 e. The predicted octanol–water partition coefficient (Wildman–Crippen LogP) is 2.32. The molecule has 0 saturated carbocycles. The van der Waals surface area contributed by atoms with Crippen molar-refractivity contribution in [1.29, 1.82) is 0 Å². The van der Waals surface area contributed by atoms with Crippen molar-refractivity contribution in [2.24, 2.45) is 5.92 Å². The molecule has 0 bridgehead atoms. The molecule has 0 aliphatic carbocycles. The van der Waals surface area contributed by atoms with Gasteiger partial charge in [-0.3, -0.25) is 4.79 Å². The van der Waals surface area contributed by atoms with Crippen molar-refractivity contribution in [2.45, 2.75) is 40.2 Å². The molecule has 3 rings (SSSR count). The van der Waals surface area contributed by atoms with E-state index in [1.54, 1.807) is 23.4 Å². The van der Waals surface area contributed by atoms with Crippen LogP contribution in [0.5, 0.6) is 0 Å². The van der Waals surface area contributed by atoms with Crippen LogP contribution in [0.3, 0.4) is 0 Å². The van der Waals surface area contributed by atoms with Crippen LogP contribution < -0.4 is 0 Å².